The highest BCUT2D eigenvalue weighted by molar-refractivity contribution is 5.93. The van der Waals surface area contributed by atoms with Crippen molar-refractivity contribution in [1.29, 1.82) is 0 Å². The van der Waals surface area contributed by atoms with E-state index >= 15 is 0 Å². The lowest BCUT2D eigenvalue weighted by atomic mass is 10.1. The molecule has 1 N–H and O–H groups in total. The number of nitrogens with zero attached hydrogens (tertiary/aromatic N) is 2. The second-order valence-corrected chi connectivity index (χ2v) is 5.25. The Bertz CT molecular complexity index is 636. The standard InChI is InChI=1S/C18H23N3O/c1-4-21(5-2)18(22)17-12-16(9-10-19-17)20-13-15-8-6-7-14(3)11-15/h6-12H,4-5,13H2,1-3H3,(H,19,20). The summed E-state index contributed by atoms with van der Waals surface area (Å²) in [5.74, 6) is -0.0239. The van der Waals surface area contributed by atoms with Gasteiger partial charge in [-0.3, -0.25) is 9.78 Å². The molecule has 0 aliphatic rings. The molecule has 0 saturated heterocycles. The Morgan fingerprint density at radius 3 is 2.64 bits per heavy atom. The minimum absolute atomic E-state index is 0.0239. The Morgan fingerprint density at radius 1 is 1.18 bits per heavy atom. The molecule has 0 saturated carbocycles. The molecule has 0 fully saturated rings. The predicted octanol–water partition coefficient (Wildman–Crippen LogP) is 3.48. The van der Waals surface area contributed by atoms with Gasteiger partial charge in [-0.2, -0.15) is 0 Å². The first kappa shape index (κ1) is 16.0. The normalized spacial score (nSPS) is 10.3. The summed E-state index contributed by atoms with van der Waals surface area (Å²) < 4.78 is 0. The lowest BCUT2D eigenvalue weighted by Gasteiger charge is -2.18. The van der Waals surface area contributed by atoms with Crippen LogP contribution in [0.5, 0.6) is 0 Å². The molecule has 0 unspecified atom stereocenters. The molecule has 0 aliphatic heterocycles. The van der Waals surface area contributed by atoms with Crippen LogP contribution in [0.15, 0.2) is 42.6 Å². The molecular weight excluding hydrogens is 274 g/mol. The van der Waals surface area contributed by atoms with Gasteiger partial charge in [0.1, 0.15) is 5.69 Å². The first-order valence-corrected chi connectivity index (χ1v) is 7.68. The molecule has 0 aliphatic carbocycles. The van der Waals surface area contributed by atoms with Gasteiger partial charge in [0.05, 0.1) is 0 Å². The second-order valence-electron chi connectivity index (χ2n) is 5.25. The van der Waals surface area contributed by atoms with Gasteiger partial charge in [0.25, 0.3) is 5.91 Å². The molecule has 1 aromatic heterocycles. The van der Waals surface area contributed by atoms with E-state index in [0.29, 0.717) is 18.8 Å². The average molecular weight is 297 g/mol. The second kappa shape index (κ2) is 7.59. The Morgan fingerprint density at radius 2 is 1.95 bits per heavy atom. The SMILES string of the molecule is CCN(CC)C(=O)c1cc(NCc2cccc(C)c2)ccn1. The van der Waals surface area contributed by atoms with Crippen molar-refractivity contribution in [3.05, 3.63) is 59.4 Å². The van der Waals surface area contributed by atoms with Gasteiger partial charge in [-0.15, -0.1) is 0 Å². The molecule has 1 heterocycles. The van der Waals surface area contributed by atoms with Crippen LogP contribution in [0.2, 0.25) is 0 Å². The quantitative estimate of drug-likeness (QED) is 0.888. The molecule has 0 bridgehead atoms. The van der Waals surface area contributed by atoms with Crippen molar-refractivity contribution in [2.75, 3.05) is 18.4 Å². The average Bonchev–Trinajstić information content (AvgIpc) is 2.54. The zero-order valence-electron chi connectivity index (χ0n) is 13.5. The summed E-state index contributed by atoms with van der Waals surface area (Å²) in [6.07, 6.45) is 1.68. The van der Waals surface area contributed by atoms with Crippen LogP contribution in [-0.4, -0.2) is 28.9 Å². The van der Waals surface area contributed by atoms with E-state index in [4.69, 9.17) is 0 Å². The largest absolute Gasteiger partial charge is 0.381 e. The number of aryl methyl sites for hydroxylation is 1. The third kappa shape index (κ3) is 4.07. The fraction of sp³-hybridized carbons (Fsp3) is 0.333. The van der Waals surface area contributed by atoms with Crippen molar-refractivity contribution in [3.8, 4) is 0 Å². The van der Waals surface area contributed by atoms with Crippen molar-refractivity contribution in [1.82, 2.24) is 9.88 Å². The molecule has 2 rings (SSSR count). The van der Waals surface area contributed by atoms with E-state index in [1.165, 1.54) is 11.1 Å². The van der Waals surface area contributed by atoms with Crippen LogP contribution in [0.4, 0.5) is 5.69 Å². The molecule has 116 valence electrons. The first-order chi connectivity index (χ1) is 10.6. The number of aromatic nitrogens is 1. The van der Waals surface area contributed by atoms with Crippen LogP contribution >= 0.6 is 0 Å². The van der Waals surface area contributed by atoms with Crippen LogP contribution in [0.3, 0.4) is 0 Å². The smallest absolute Gasteiger partial charge is 0.272 e. The molecule has 2 aromatic rings. The Labute approximate surface area is 132 Å². The fourth-order valence-corrected chi connectivity index (χ4v) is 2.36. The van der Waals surface area contributed by atoms with Gasteiger partial charge in [0.2, 0.25) is 0 Å². The molecule has 22 heavy (non-hydrogen) atoms. The number of hydrogen-bond donors (Lipinski definition) is 1. The number of nitrogens with one attached hydrogen (secondary N) is 1. The van der Waals surface area contributed by atoms with Crippen molar-refractivity contribution < 1.29 is 4.79 Å². The topological polar surface area (TPSA) is 45.2 Å². The third-order valence-electron chi connectivity index (χ3n) is 3.61. The number of benzene rings is 1. The summed E-state index contributed by atoms with van der Waals surface area (Å²) in [4.78, 5) is 18.3. The highest BCUT2D eigenvalue weighted by atomic mass is 16.2. The maximum atomic E-state index is 12.3. The number of rotatable bonds is 6. The molecule has 1 aromatic carbocycles. The van der Waals surface area contributed by atoms with Crippen LogP contribution in [0.25, 0.3) is 0 Å². The number of amides is 1. The van der Waals surface area contributed by atoms with Crippen LogP contribution < -0.4 is 5.32 Å². The number of hydrogen-bond acceptors (Lipinski definition) is 3. The van der Waals surface area contributed by atoms with Gasteiger partial charge in [0, 0.05) is 31.5 Å². The van der Waals surface area contributed by atoms with Crippen molar-refractivity contribution in [3.63, 3.8) is 0 Å². The van der Waals surface area contributed by atoms with Crippen molar-refractivity contribution in [2.45, 2.75) is 27.3 Å². The van der Waals surface area contributed by atoms with E-state index in [0.717, 1.165) is 12.2 Å². The van der Waals surface area contributed by atoms with E-state index in [2.05, 4.69) is 35.4 Å². The van der Waals surface area contributed by atoms with E-state index < -0.39 is 0 Å². The van der Waals surface area contributed by atoms with E-state index in [-0.39, 0.29) is 5.91 Å². The molecule has 4 heteroatoms. The third-order valence-corrected chi connectivity index (χ3v) is 3.61. The Kier molecular flexibility index (Phi) is 5.53. The number of anilines is 1. The van der Waals surface area contributed by atoms with Crippen LogP contribution in [0, 0.1) is 6.92 Å². The van der Waals surface area contributed by atoms with Crippen molar-refractivity contribution >= 4 is 11.6 Å². The maximum Gasteiger partial charge on any atom is 0.272 e. The first-order valence-electron chi connectivity index (χ1n) is 7.68. The molecule has 1 amide bonds. The lowest BCUT2D eigenvalue weighted by molar-refractivity contribution is 0.0767. The Balaban J connectivity index is 2.07. The minimum atomic E-state index is -0.0239. The van der Waals surface area contributed by atoms with Gasteiger partial charge in [-0.1, -0.05) is 29.8 Å². The van der Waals surface area contributed by atoms with Crippen molar-refractivity contribution in [2.24, 2.45) is 0 Å². The monoisotopic (exact) mass is 297 g/mol. The summed E-state index contributed by atoms with van der Waals surface area (Å²) in [6.45, 7) is 8.14. The predicted molar refractivity (Wildman–Crippen MR) is 90.0 cm³/mol. The van der Waals surface area contributed by atoms with Gasteiger partial charge < -0.3 is 10.2 Å². The van der Waals surface area contributed by atoms with Gasteiger partial charge in [-0.25, -0.2) is 0 Å². The summed E-state index contributed by atoms with van der Waals surface area (Å²) in [5.41, 5.74) is 3.85. The number of carbonyl (C=O) groups is 1. The highest BCUT2D eigenvalue weighted by Crippen LogP contribution is 2.12. The lowest BCUT2D eigenvalue weighted by Crippen LogP contribution is -2.31. The van der Waals surface area contributed by atoms with E-state index in [1.54, 1.807) is 11.1 Å². The van der Waals surface area contributed by atoms with Crippen LogP contribution in [-0.2, 0) is 6.54 Å². The fourth-order valence-electron chi connectivity index (χ4n) is 2.36. The highest BCUT2D eigenvalue weighted by Gasteiger charge is 2.13. The molecular formula is C18H23N3O. The van der Waals surface area contributed by atoms with Gasteiger partial charge >= 0.3 is 0 Å². The van der Waals surface area contributed by atoms with E-state index in [9.17, 15) is 4.79 Å². The molecule has 0 radical (unpaired) electrons. The number of carbonyl (C=O) groups excluding carboxylic acids is 1. The zero-order chi connectivity index (χ0) is 15.9. The molecule has 0 atom stereocenters. The van der Waals surface area contributed by atoms with E-state index in [1.807, 2.05) is 32.0 Å². The summed E-state index contributed by atoms with van der Waals surface area (Å²) >= 11 is 0. The zero-order valence-corrected chi connectivity index (χ0v) is 13.5. The maximum absolute atomic E-state index is 12.3. The Hall–Kier alpha value is -2.36. The van der Waals surface area contributed by atoms with Crippen LogP contribution in [0.1, 0.15) is 35.5 Å². The summed E-state index contributed by atoms with van der Waals surface area (Å²) in [7, 11) is 0. The molecule has 0 spiro atoms. The summed E-state index contributed by atoms with van der Waals surface area (Å²) in [6, 6.07) is 12.1. The van der Waals surface area contributed by atoms with Gasteiger partial charge in [0.15, 0.2) is 0 Å². The minimum Gasteiger partial charge on any atom is -0.381 e. The number of pyridine rings is 1. The van der Waals surface area contributed by atoms with Gasteiger partial charge in [-0.05, 0) is 38.5 Å². The summed E-state index contributed by atoms with van der Waals surface area (Å²) in [5, 5.41) is 3.35. The molecule has 4 nitrogen and oxygen atoms in total.